The lowest BCUT2D eigenvalue weighted by molar-refractivity contribution is -0.115. The van der Waals surface area contributed by atoms with Crippen molar-refractivity contribution in [3.05, 3.63) is 46.3 Å². The molecule has 1 aromatic carbocycles. The standard InChI is InChI=1S/C14H11N3O3S/c15-12(19)9-3-4-21-14(9)17-13(20)7-1-2-10-8(5-7)6-11(18)16-10/h1-5H,6H2,(H2,15,19)(H,16,18)(H,17,20). The number of anilines is 2. The first-order valence-corrected chi connectivity index (χ1v) is 7.04. The van der Waals surface area contributed by atoms with Gasteiger partial charge in [0.1, 0.15) is 5.00 Å². The summed E-state index contributed by atoms with van der Waals surface area (Å²) in [5.74, 6) is -1.02. The molecule has 6 nitrogen and oxygen atoms in total. The van der Waals surface area contributed by atoms with Gasteiger partial charge in [0.05, 0.1) is 12.0 Å². The Balaban J connectivity index is 1.83. The highest BCUT2D eigenvalue weighted by Crippen LogP contribution is 2.26. The third-order valence-corrected chi connectivity index (χ3v) is 3.98. The van der Waals surface area contributed by atoms with Gasteiger partial charge in [0.2, 0.25) is 5.91 Å². The number of thiophene rings is 1. The maximum Gasteiger partial charge on any atom is 0.256 e. The lowest BCUT2D eigenvalue weighted by Crippen LogP contribution is -2.16. The molecule has 1 aliphatic heterocycles. The molecule has 7 heteroatoms. The Kier molecular flexibility index (Phi) is 3.19. The molecular weight excluding hydrogens is 290 g/mol. The molecule has 0 radical (unpaired) electrons. The second-order valence-electron chi connectivity index (χ2n) is 4.58. The summed E-state index contributed by atoms with van der Waals surface area (Å²) in [5.41, 5.74) is 7.46. The summed E-state index contributed by atoms with van der Waals surface area (Å²) >= 11 is 1.23. The zero-order valence-corrected chi connectivity index (χ0v) is 11.6. The monoisotopic (exact) mass is 301 g/mol. The van der Waals surface area contributed by atoms with Crippen LogP contribution in [0.4, 0.5) is 10.7 Å². The zero-order chi connectivity index (χ0) is 15.0. The number of nitrogens with one attached hydrogen (secondary N) is 2. The van der Waals surface area contributed by atoms with Crippen molar-refractivity contribution in [1.82, 2.24) is 0 Å². The maximum absolute atomic E-state index is 12.2. The Bertz CT molecular complexity index is 767. The number of primary amides is 1. The molecule has 0 atom stereocenters. The van der Waals surface area contributed by atoms with Crippen molar-refractivity contribution in [2.24, 2.45) is 5.73 Å². The van der Waals surface area contributed by atoms with E-state index in [2.05, 4.69) is 10.6 Å². The van der Waals surface area contributed by atoms with Crippen LogP contribution in [-0.4, -0.2) is 17.7 Å². The number of benzene rings is 1. The molecule has 0 fully saturated rings. The van der Waals surface area contributed by atoms with E-state index in [4.69, 9.17) is 5.73 Å². The Morgan fingerprint density at radius 1 is 1.29 bits per heavy atom. The molecule has 2 aromatic rings. The van der Waals surface area contributed by atoms with Crippen LogP contribution >= 0.6 is 11.3 Å². The minimum absolute atomic E-state index is 0.0863. The van der Waals surface area contributed by atoms with Gasteiger partial charge in [-0.15, -0.1) is 11.3 Å². The van der Waals surface area contributed by atoms with Gasteiger partial charge in [0, 0.05) is 11.3 Å². The van der Waals surface area contributed by atoms with Crippen molar-refractivity contribution >= 4 is 39.7 Å². The number of nitrogens with two attached hydrogens (primary N) is 1. The fraction of sp³-hybridized carbons (Fsp3) is 0.0714. The molecule has 4 N–H and O–H groups in total. The topological polar surface area (TPSA) is 101 Å². The summed E-state index contributed by atoms with van der Waals surface area (Å²) in [4.78, 5) is 34.7. The van der Waals surface area contributed by atoms with Crippen molar-refractivity contribution in [3.63, 3.8) is 0 Å². The van der Waals surface area contributed by atoms with Gasteiger partial charge in [-0.2, -0.15) is 0 Å². The molecule has 3 rings (SSSR count). The highest BCUT2D eigenvalue weighted by atomic mass is 32.1. The molecule has 1 aromatic heterocycles. The number of carbonyl (C=O) groups is 3. The number of carbonyl (C=O) groups excluding carboxylic acids is 3. The second-order valence-corrected chi connectivity index (χ2v) is 5.49. The molecule has 21 heavy (non-hydrogen) atoms. The van der Waals surface area contributed by atoms with E-state index < -0.39 is 5.91 Å². The molecule has 0 bridgehead atoms. The third-order valence-electron chi connectivity index (χ3n) is 3.15. The summed E-state index contributed by atoms with van der Waals surface area (Å²) in [6.07, 6.45) is 0.266. The molecular formula is C14H11N3O3S. The quantitative estimate of drug-likeness (QED) is 0.802. The summed E-state index contributed by atoms with van der Waals surface area (Å²) in [7, 11) is 0. The fourth-order valence-electron chi connectivity index (χ4n) is 2.15. The van der Waals surface area contributed by atoms with Crippen LogP contribution in [0.25, 0.3) is 0 Å². The number of rotatable bonds is 3. The minimum Gasteiger partial charge on any atom is -0.366 e. The summed E-state index contributed by atoms with van der Waals surface area (Å²) < 4.78 is 0. The van der Waals surface area contributed by atoms with Crippen LogP contribution in [0.2, 0.25) is 0 Å². The van der Waals surface area contributed by atoms with Crippen LogP contribution in [0, 0.1) is 0 Å². The molecule has 106 valence electrons. The van der Waals surface area contributed by atoms with E-state index in [1.54, 1.807) is 29.6 Å². The molecule has 0 unspecified atom stereocenters. The number of hydrogen-bond donors (Lipinski definition) is 3. The van der Waals surface area contributed by atoms with Crippen molar-refractivity contribution in [2.45, 2.75) is 6.42 Å². The van der Waals surface area contributed by atoms with Crippen molar-refractivity contribution in [2.75, 3.05) is 10.6 Å². The average Bonchev–Trinajstić information content (AvgIpc) is 3.02. The van der Waals surface area contributed by atoms with E-state index >= 15 is 0 Å². The molecule has 0 aliphatic carbocycles. The first kappa shape index (κ1) is 13.3. The van der Waals surface area contributed by atoms with Crippen LogP contribution in [-0.2, 0) is 11.2 Å². The Morgan fingerprint density at radius 3 is 2.86 bits per heavy atom. The smallest absolute Gasteiger partial charge is 0.256 e. The summed E-state index contributed by atoms with van der Waals surface area (Å²) in [6, 6.07) is 6.55. The molecule has 2 heterocycles. The lowest BCUT2D eigenvalue weighted by atomic mass is 10.1. The van der Waals surface area contributed by atoms with Crippen molar-refractivity contribution in [1.29, 1.82) is 0 Å². The predicted octanol–water partition coefficient (Wildman–Crippen LogP) is 1.59. The van der Waals surface area contributed by atoms with E-state index in [1.165, 1.54) is 11.3 Å². The van der Waals surface area contributed by atoms with E-state index in [1.807, 2.05) is 0 Å². The lowest BCUT2D eigenvalue weighted by Gasteiger charge is -2.06. The highest BCUT2D eigenvalue weighted by Gasteiger charge is 2.20. The fourth-order valence-corrected chi connectivity index (χ4v) is 2.93. The van der Waals surface area contributed by atoms with Gasteiger partial charge in [0.15, 0.2) is 0 Å². The molecule has 0 spiro atoms. The number of hydrogen-bond acceptors (Lipinski definition) is 4. The Labute approximate surface area is 124 Å². The number of amides is 3. The van der Waals surface area contributed by atoms with Gasteiger partial charge in [-0.3, -0.25) is 14.4 Å². The van der Waals surface area contributed by atoms with Crippen LogP contribution in [0.3, 0.4) is 0 Å². The Morgan fingerprint density at radius 2 is 2.10 bits per heavy atom. The van der Waals surface area contributed by atoms with E-state index in [-0.39, 0.29) is 23.8 Å². The average molecular weight is 301 g/mol. The molecule has 3 amide bonds. The van der Waals surface area contributed by atoms with Gasteiger partial charge in [0.25, 0.3) is 11.8 Å². The van der Waals surface area contributed by atoms with Crippen LogP contribution in [0.5, 0.6) is 0 Å². The van der Waals surface area contributed by atoms with Crippen molar-refractivity contribution < 1.29 is 14.4 Å². The molecule has 1 aliphatic rings. The largest absolute Gasteiger partial charge is 0.366 e. The maximum atomic E-state index is 12.2. The normalized spacial score (nSPS) is 12.7. The molecule has 0 saturated heterocycles. The second kappa shape index (κ2) is 5.02. The first-order chi connectivity index (χ1) is 10.0. The van der Waals surface area contributed by atoms with Gasteiger partial charge in [-0.05, 0) is 35.2 Å². The third kappa shape index (κ3) is 2.50. The van der Waals surface area contributed by atoms with Crippen LogP contribution in [0.1, 0.15) is 26.3 Å². The Hall–Kier alpha value is -2.67. The van der Waals surface area contributed by atoms with Crippen LogP contribution in [0.15, 0.2) is 29.6 Å². The highest BCUT2D eigenvalue weighted by molar-refractivity contribution is 7.14. The van der Waals surface area contributed by atoms with Gasteiger partial charge >= 0.3 is 0 Å². The van der Waals surface area contributed by atoms with E-state index in [9.17, 15) is 14.4 Å². The van der Waals surface area contributed by atoms with Gasteiger partial charge < -0.3 is 16.4 Å². The summed E-state index contributed by atoms with van der Waals surface area (Å²) in [5, 5.41) is 7.47. The minimum atomic E-state index is -0.588. The number of fused-ring (bicyclic) bond motifs is 1. The van der Waals surface area contributed by atoms with Crippen LogP contribution < -0.4 is 16.4 Å². The van der Waals surface area contributed by atoms with Gasteiger partial charge in [-0.1, -0.05) is 0 Å². The van der Waals surface area contributed by atoms with E-state index in [0.29, 0.717) is 10.6 Å². The van der Waals surface area contributed by atoms with E-state index in [0.717, 1.165) is 11.3 Å². The van der Waals surface area contributed by atoms with Gasteiger partial charge in [-0.25, -0.2) is 0 Å². The van der Waals surface area contributed by atoms with Crippen molar-refractivity contribution in [3.8, 4) is 0 Å². The predicted molar refractivity (Wildman–Crippen MR) is 79.6 cm³/mol. The first-order valence-electron chi connectivity index (χ1n) is 6.16. The zero-order valence-electron chi connectivity index (χ0n) is 10.8. The SMILES string of the molecule is NC(=O)c1ccsc1NC(=O)c1ccc2c(c1)CC(=O)N2. The summed E-state index contributed by atoms with van der Waals surface area (Å²) in [6.45, 7) is 0. The molecule has 0 saturated carbocycles.